The molecule has 0 unspecified atom stereocenters. The molecule has 1 aliphatic heterocycles. The Morgan fingerprint density at radius 2 is 1.88 bits per heavy atom. The zero-order valence-corrected chi connectivity index (χ0v) is 18.8. The average molecular weight is 464 g/mol. The van der Waals surface area contributed by atoms with Crippen LogP contribution in [0.1, 0.15) is 23.2 Å². The number of piperazine rings is 1. The van der Waals surface area contributed by atoms with Crippen LogP contribution in [0.25, 0.3) is 17.3 Å². The molecule has 0 N–H and O–H groups in total. The minimum atomic E-state index is -0.104. The Morgan fingerprint density at radius 3 is 2.61 bits per heavy atom. The summed E-state index contributed by atoms with van der Waals surface area (Å²) in [5.41, 5.74) is 2.15. The number of imidazole rings is 1. The third kappa shape index (κ3) is 4.31. The number of carbonyl (C=O) groups excluding carboxylic acids is 1. The van der Waals surface area contributed by atoms with Gasteiger partial charge in [0.1, 0.15) is 12.0 Å². The van der Waals surface area contributed by atoms with Gasteiger partial charge >= 0.3 is 0 Å². The molecule has 1 saturated heterocycles. The Labute approximate surface area is 195 Å². The molecule has 10 heteroatoms. The zero-order valence-electron chi connectivity index (χ0n) is 18.1. The Hall–Kier alpha value is -3.72. The van der Waals surface area contributed by atoms with E-state index in [-0.39, 0.29) is 5.91 Å². The number of nitrogens with zero attached hydrogens (tertiary/aromatic N) is 7. The molecule has 0 bridgehead atoms. The van der Waals surface area contributed by atoms with Gasteiger partial charge in [0.2, 0.25) is 0 Å². The summed E-state index contributed by atoms with van der Waals surface area (Å²) in [4.78, 5) is 30.3. The highest BCUT2D eigenvalue weighted by Gasteiger charge is 2.24. The van der Waals surface area contributed by atoms with Gasteiger partial charge in [0, 0.05) is 55.7 Å². The predicted octanol–water partition coefficient (Wildman–Crippen LogP) is 3.50. The summed E-state index contributed by atoms with van der Waals surface area (Å²) in [6, 6.07) is 11.4. The summed E-state index contributed by atoms with van der Waals surface area (Å²) < 4.78 is 7.09. The third-order valence-electron chi connectivity index (χ3n) is 5.61. The van der Waals surface area contributed by atoms with Crippen LogP contribution in [0.2, 0.25) is 5.02 Å². The van der Waals surface area contributed by atoms with Crippen LogP contribution < -0.4 is 4.90 Å². The molecule has 33 heavy (non-hydrogen) atoms. The van der Waals surface area contributed by atoms with Crippen LogP contribution in [0.4, 0.5) is 5.69 Å². The van der Waals surface area contributed by atoms with Crippen molar-refractivity contribution in [2.45, 2.75) is 13.3 Å². The average Bonchev–Trinajstić information content (AvgIpc) is 3.54. The first kappa shape index (κ1) is 21.1. The van der Waals surface area contributed by atoms with Crippen molar-refractivity contribution in [3.05, 3.63) is 71.7 Å². The van der Waals surface area contributed by atoms with E-state index in [1.165, 1.54) is 0 Å². The SMILES string of the molecule is CCc1noc(-c2cccnc2-n2cnc(C(=O)N3CCN(c4ccc(Cl)cc4)CC3)c2)n1. The van der Waals surface area contributed by atoms with Gasteiger partial charge in [0.05, 0.1) is 5.56 Å². The van der Waals surface area contributed by atoms with Crippen molar-refractivity contribution >= 4 is 23.2 Å². The maximum Gasteiger partial charge on any atom is 0.274 e. The lowest BCUT2D eigenvalue weighted by Crippen LogP contribution is -2.48. The molecule has 168 valence electrons. The highest BCUT2D eigenvalue weighted by atomic mass is 35.5. The summed E-state index contributed by atoms with van der Waals surface area (Å²) in [6.45, 7) is 4.68. The van der Waals surface area contributed by atoms with Gasteiger partial charge in [-0.2, -0.15) is 4.98 Å². The number of aryl methyl sites for hydroxylation is 1. The fourth-order valence-corrected chi connectivity index (χ4v) is 3.93. The lowest BCUT2D eigenvalue weighted by molar-refractivity contribution is 0.0741. The summed E-state index contributed by atoms with van der Waals surface area (Å²) in [6.07, 6.45) is 5.62. The summed E-state index contributed by atoms with van der Waals surface area (Å²) in [5, 5.41) is 4.67. The van der Waals surface area contributed by atoms with Crippen molar-refractivity contribution in [2.24, 2.45) is 0 Å². The standard InChI is InChI=1S/C23H22ClN7O2/c1-2-20-27-22(33-28-20)18-4-3-9-25-21(18)31-14-19(26-15-31)23(32)30-12-10-29(11-13-30)17-7-5-16(24)6-8-17/h3-9,14-15H,2,10-13H2,1H3. The van der Waals surface area contributed by atoms with E-state index in [0.29, 0.717) is 53.3 Å². The van der Waals surface area contributed by atoms with Crippen molar-refractivity contribution in [2.75, 3.05) is 31.1 Å². The first-order valence-electron chi connectivity index (χ1n) is 10.7. The molecule has 9 nitrogen and oxygen atoms in total. The molecule has 0 atom stereocenters. The number of hydrogen-bond acceptors (Lipinski definition) is 7. The van der Waals surface area contributed by atoms with E-state index in [0.717, 1.165) is 18.8 Å². The number of rotatable bonds is 5. The fourth-order valence-electron chi connectivity index (χ4n) is 3.81. The van der Waals surface area contributed by atoms with Crippen LogP contribution in [0, 0.1) is 0 Å². The lowest BCUT2D eigenvalue weighted by Gasteiger charge is -2.35. The molecule has 1 aliphatic rings. The van der Waals surface area contributed by atoms with Crippen molar-refractivity contribution in [3.63, 3.8) is 0 Å². The maximum atomic E-state index is 13.1. The van der Waals surface area contributed by atoms with Crippen LogP contribution >= 0.6 is 11.6 Å². The molecule has 0 radical (unpaired) electrons. The van der Waals surface area contributed by atoms with Crippen LogP contribution in [0.15, 0.2) is 59.6 Å². The van der Waals surface area contributed by atoms with E-state index >= 15 is 0 Å². The summed E-state index contributed by atoms with van der Waals surface area (Å²) >= 11 is 5.99. The van der Waals surface area contributed by atoms with Gasteiger partial charge in [-0.25, -0.2) is 9.97 Å². The van der Waals surface area contributed by atoms with Gasteiger partial charge in [0.15, 0.2) is 11.6 Å². The molecule has 0 aliphatic carbocycles. The number of benzene rings is 1. The van der Waals surface area contributed by atoms with Crippen molar-refractivity contribution in [3.8, 4) is 17.3 Å². The number of aromatic nitrogens is 5. The van der Waals surface area contributed by atoms with Gasteiger partial charge < -0.3 is 14.3 Å². The summed E-state index contributed by atoms with van der Waals surface area (Å²) in [7, 11) is 0. The van der Waals surface area contributed by atoms with E-state index in [1.54, 1.807) is 29.4 Å². The molecule has 1 amide bonds. The van der Waals surface area contributed by atoms with Crippen LogP contribution in [0.5, 0.6) is 0 Å². The molecule has 3 aromatic heterocycles. The minimum absolute atomic E-state index is 0.104. The second-order valence-corrected chi connectivity index (χ2v) is 8.10. The predicted molar refractivity (Wildman–Crippen MR) is 124 cm³/mol. The number of anilines is 1. The van der Waals surface area contributed by atoms with E-state index in [2.05, 4.69) is 25.0 Å². The van der Waals surface area contributed by atoms with E-state index in [1.807, 2.05) is 42.2 Å². The molecule has 4 heterocycles. The smallest absolute Gasteiger partial charge is 0.274 e. The molecule has 5 rings (SSSR count). The fraction of sp³-hybridized carbons (Fsp3) is 0.261. The molecule has 1 aromatic carbocycles. The normalized spacial score (nSPS) is 14.0. The third-order valence-corrected chi connectivity index (χ3v) is 5.86. The highest BCUT2D eigenvalue weighted by molar-refractivity contribution is 6.30. The number of amides is 1. The molecular formula is C23H22ClN7O2. The number of hydrogen-bond donors (Lipinski definition) is 0. The van der Waals surface area contributed by atoms with Crippen LogP contribution in [-0.2, 0) is 6.42 Å². The molecule has 1 fully saturated rings. The van der Waals surface area contributed by atoms with Gasteiger partial charge in [-0.3, -0.25) is 9.36 Å². The van der Waals surface area contributed by atoms with Gasteiger partial charge in [-0.1, -0.05) is 23.7 Å². The number of pyridine rings is 1. The summed E-state index contributed by atoms with van der Waals surface area (Å²) in [5.74, 6) is 1.48. The van der Waals surface area contributed by atoms with Crippen molar-refractivity contribution < 1.29 is 9.32 Å². The largest absolute Gasteiger partial charge is 0.368 e. The Kier molecular flexibility index (Phi) is 5.78. The Morgan fingerprint density at radius 1 is 1.09 bits per heavy atom. The number of carbonyl (C=O) groups is 1. The Balaban J connectivity index is 1.31. The molecule has 0 spiro atoms. The topological polar surface area (TPSA) is 93.2 Å². The number of halogens is 1. The molecule has 4 aromatic rings. The van der Waals surface area contributed by atoms with Gasteiger partial charge in [-0.15, -0.1) is 0 Å². The lowest BCUT2D eigenvalue weighted by atomic mass is 10.2. The molecule has 0 saturated carbocycles. The monoisotopic (exact) mass is 463 g/mol. The van der Waals surface area contributed by atoms with Crippen LogP contribution in [0.3, 0.4) is 0 Å². The second kappa shape index (κ2) is 9.03. The van der Waals surface area contributed by atoms with E-state index in [9.17, 15) is 4.79 Å². The van der Waals surface area contributed by atoms with Gasteiger partial charge in [-0.05, 0) is 36.4 Å². The van der Waals surface area contributed by atoms with Crippen molar-refractivity contribution in [1.29, 1.82) is 0 Å². The minimum Gasteiger partial charge on any atom is -0.368 e. The Bertz CT molecular complexity index is 1260. The van der Waals surface area contributed by atoms with Crippen LogP contribution in [-0.4, -0.2) is 61.7 Å². The van der Waals surface area contributed by atoms with E-state index < -0.39 is 0 Å². The zero-order chi connectivity index (χ0) is 22.8. The maximum absolute atomic E-state index is 13.1. The van der Waals surface area contributed by atoms with Gasteiger partial charge in [0.25, 0.3) is 11.8 Å². The first-order valence-corrected chi connectivity index (χ1v) is 11.1. The first-order chi connectivity index (χ1) is 16.1. The van der Waals surface area contributed by atoms with E-state index in [4.69, 9.17) is 16.1 Å². The highest BCUT2D eigenvalue weighted by Crippen LogP contribution is 2.24. The van der Waals surface area contributed by atoms with Crippen molar-refractivity contribution in [1.82, 2.24) is 29.6 Å². The quantitative estimate of drug-likeness (QED) is 0.447. The molecular weight excluding hydrogens is 442 g/mol. The second-order valence-electron chi connectivity index (χ2n) is 7.67.